The molecule has 1 amide bonds. The van der Waals surface area contributed by atoms with Crippen LogP contribution in [-0.2, 0) is 34.1 Å². The predicted molar refractivity (Wildman–Crippen MR) is 129 cm³/mol. The second kappa shape index (κ2) is 10.3. The molecule has 2 aromatic rings. The van der Waals surface area contributed by atoms with Crippen molar-refractivity contribution in [2.45, 2.75) is 69.2 Å². The molecule has 1 saturated heterocycles. The van der Waals surface area contributed by atoms with Crippen molar-refractivity contribution >= 4 is 15.9 Å². The molecule has 0 aromatic heterocycles. The van der Waals surface area contributed by atoms with Gasteiger partial charge in [0.25, 0.3) is 0 Å². The second-order valence-corrected chi connectivity index (χ2v) is 11.0. The first kappa shape index (κ1) is 23.8. The molecule has 178 valence electrons. The van der Waals surface area contributed by atoms with Crippen LogP contribution in [0.25, 0.3) is 0 Å². The van der Waals surface area contributed by atoms with Crippen molar-refractivity contribution in [2.75, 3.05) is 20.2 Å². The highest BCUT2D eigenvalue weighted by atomic mass is 32.2. The largest absolute Gasteiger partial charge is 0.496 e. The fraction of sp³-hybridized carbons (Fsp3) is 0.500. The average molecular weight is 471 g/mol. The molecule has 0 saturated carbocycles. The Labute approximate surface area is 197 Å². The monoisotopic (exact) mass is 470 g/mol. The summed E-state index contributed by atoms with van der Waals surface area (Å²) in [6, 6.07) is 11.4. The van der Waals surface area contributed by atoms with E-state index in [1.807, 2.05) is 6.92 Å². The van der Waals surface area contributed by atoms with Crippen molar-refractivity contribution in [2.24, 2.45) is 0 Å². The van der Waals surface area contributed by atoms with Crippen molar-refractivity contribution < 1.29 is 17.9 Å². The standard InChI is InChI=1S/C26H34N2O4S/c1-19(21-10-9-20-7-3-4-8-22(20)17-21)27-26(29)14-11-23-18-24(12-13-25(23)32-2)33(30,31)28-15-5-6-16-28/h9-10,12-13,17-19H,3-8,11,14-16H2,1-2H3,(H,27,29)/t19-/m0/s1. The maximum atomic E-state index is 12.9. The summed E-state index contributed by atoms with van der Waals surface area (Å²) in [5, 5.41) is 3.09. The Morgan fingerprint density at radius 3 is 2.48 bits per heavy atom. The van der Waals surface area contributed by atoms with E-state index in [9.17, 15) is 13.2 Å². The number of hydrogen-bond acceptors (Lipinski definition) is 4. The third-order valence-electron chi connectivity index (χ3n) is 6.83. The number of ether oxygens (including phenoxy) is 1. The molecule has 1 atom stereocenters. The molecule has 2 aromatic carbocycles. The maximum absolute atomic E-state index is 12.9. The number of methoxy groups -OCH3 is 1. The number of carbonyl (C=O) groups excluding carboxylic acids is 1. The van der Waals surface area contributed by atoms with Gasteiger partial charge < -0.3 is 10.1 Å². The lowest BCUT2D eigenvalue weighted by Gasteiger charge is -2.20. The van der Waals surface area contributed by atoms with Gasteiger partial charge in [-0.3, -0.25) is 4.79 Å². The Morgan fingerprint density at radius 1 is 1.03 bits per heavy atom. The molecule has 1 aliphatic carbocycles. The first-order valence-corrected chi connectivity index (χ1v) is 13.4. The summed E-state index contributed by atoms with van der Waals surface area (Å²) in [6.45, 7) is 3.13. The van der Waals surface area contributed by atoms with Gasteiger partial charge in [0.05, 0.1) is 18.0 Å². The van der Waals surface area contributed by atoms with Crippen LogP contribution >= 0.6 is 0 Å². The number of amides is 1. The van der Waals surface area contributed by atoms with Crippen LogP contribution in [0.3, 0.4) is 0 Å². The fourth-order valence-corrected chi connectivity index (χ4v) is 6.42. The van der Waals surface area contributed by atoms with Crippen LogP contribution in [-0.4, -0.2) is 38.8 Å². The van der Waals surface area contributed by atoms with Gasteiger partial charge in [-0.2, -0.15) is 4.31 Å². The molecular weight excluding hydrogens is 436 g/mol. The summed E-state index contributed by atoms with van der Waals surface area (Å²) in [4.78, 5) is 13.0. The molecule has 1 heterocycles. The number of fused-ring (bicyclic) bond motifs is 1. The zero-order chi connectivity index (χ0) is 23.4. The summed E-state index contributed by atoms with van der Waals surface area (Å²) in [7, 11) is -1.95. The fourth-order valence-electron chi connectivity index (χ4n) is 4.86. The minimum absolute atomic E-state index is 0.0601. The molecule has 0 bridgehead atoms. The van der Waals surface area contributed by atoms with E-state index in [4.69, 9.17) is 4.74 Å². The van der Waals surface area contributed by atoms with Gasteiger partial charge in [-0.15, -0.1) is 0 Å². The summed E-state index contributed by atoms with van der Waals surface area (Å²) < 4.78 is 32.8. The maximum Gasteiger partial charge on any atom is 0.243 e. The number of nitrogens with zero attached hydrogens (tertiary/aromatic N) is 1. The van der Waals surface area contributed by atoms with Gasteiger partial charge in [0.2, 0.25) is 15.9 Å². The third-order valence-corrected chi connectivity index (χ3v) is 8.72. The van der Waals surface area contributed by atoms with E-state index in [1.54, 1.807) is 25.3 Å². The topological polar surface area (TPSA) is 75.7 Å². The van der Waals surface area contributed by atoms with Gasteiger partial charge in [-0.25, -0.2) is 8.42 Å². The summed E-state index contributed by atoms with van der Waals surface area (Å²) in [5.74, 6) is 0.543. The van der Waals surface area contributed by atoms with Gasteiger partial charge in [0, 0.05) is 19.5 Å². The highest BCUT2D eigenvalue weighted by Crippen LogP contribution is 2.28. The summed E-state index contributed by atoms with van der Waals surface area (Å²) in [5.41, 5.74) is 4.69. The Kier molecular flexibility index (Phi) is 7.39. The van der Waals surface area contributed by atoms with Crippen LogP contribution in [0, 0.1) is 0 Å². The van der Waals surface area contributed by atoms with Crippen LogP contribution in [0.5, 0.6) is 5.75 Å². The minimum atomic E-state index is -3.51. The van der Waals surface area contributed by atoms with Gasteiger partial charge in [0.1, 0.15) is 5.75 Å². The quantitative estimate of drug-likeness (QED) is 0.628. The molecule has 6 nitrogen and oxygen atoms in total. The lowest BCUT2D eigenvalue weighted by Crippen LogP contribution is -2.28. The molecule has 1 N–H and O–H groups in total. The zero-order valence-electron chi connectivity index (χ0n) is 19.6. The van der Waals surface area contributed by atoms with Crippen LogP contribution in [0.2, 0.25) is 0 Å². The molecule has 4 rings (SSSR count). The molecule has 1 aliphatic heterocycles. The molecule has 33 heavy (non-hydrogen) atoms. The van der Waals surface area contributed by atoms with Gasteiger partial charge in [-0.1, -0.05) is 18.2 Å². The van der Waals surface area contributed by atoms with E-state index >= 15 is 0 Å². The zero-order valence-corrected chi connectivity index (χ0v) is 20.4. The SMILES string of the molecule is COc1ccc(S(=O)(=O)N2CCCC2)cc1CCC(=O)N[C@@H](C)c1ccc2c(c1)CCCC2. The van der Waals surface area contributed by atoms with Crippen LogP contribution in [0.4, 0.5) is 0 Å². The number of nitrogens with one attached hydrogen (secondary N) is 1. The highest BCUT2D eigenvalue weighted by molar-refractivity contribution is 7.89. The average Bonchev–Trinajstić information content (AvgIpc) is 3.38. The van der Waals surface area contributed by atoms with E-state index in [0.717, 1.165) is 36.8 Å². The van der Waals surface area contributed by atoms with Crippen molar-refractivity contribution in [3.8, 4) is 5.75 Å². The molecule has 0 unspecified atom stereocenters. The molecule has 0 radical (unpaired) electrons. The number of hydrogen-bond donors (Lipinski definition) is 1. The van der Waals surface area contributed by atoms with Crippen molar-refractivity contribution in [3.05, 3.63) is 58.7 Å². The Hall–Kier alpha value is -2.38. The molecular formula is C26H34N2O4S. The lowest BCUT2D eigenvalue weighted by molar-refractivity contribution is -0.121. The van der Waals surface area contributed by atoms with E-state index in [0.29, 0.717) is 25.3 Å². The molecule has 2 aliphatic rings. The number of rotatable bonds is 8. The summed E-state index contributed by atoms with van der Waals surface area (Å²) in [6.07, 6.45) is 7.20. The van der Waals surface area contributed by atoms with Crippen molar-refractivity contribution in [3.63, 3.8) is 0 Å². The second-order valence-electron chi connectivity index (χ2n) is 9.11. The number of aryl methyl sites for hydroxylation is 3. The molecule has 1 fully saturated rings. The van der Waals surface area contributed by atoms with Gasteiger partial charge in [-0.05, 0) is 92.3 Å². The van der Waals surface area contributed by atoms with E-state index < -0.39 is 10.0 Å². The third kappa shape index (κ3) is 5.41. The normalized spacial score (nSPS) is 17.4. The van der Waals surface area contributed by atoms with Gasteiger partial charge >= 0.3 is 0 Å². The Bertz CT molecular complexity index is 1110. The van der Waals surface area contributed by atoms with E-state index in [1.165, 1.54) is 28.3 Å². The lowest BCUT2D eigenvalue weighted by atomic mass is 9.89. The number of sulfonamides is 1. The van der Waals surface area contributed by atoms with Crippen molar-refractivity contribution in [1.82, 2.24) is 9.62 Å². The summed E-state index contributed by atoms with van der Waals surface area (Å²) >= 11 is 0. The first-order valence-electron chi connectivity index (χ1n) is 12.0. The molecule has 0 spiro atoms. The van der Waals surface area contributed by atoms with Gasteiger partial charge in [0.15, 0.2) is 0 Å². The van der Waals surface area contributed by atoms with Crippen LogP contribution in [0.15, 0.2) is 41.3 Å². The minimum Gasteiger partial charge on any atom is -0.496 e. The smallest absolute Gasteiger partial charge is 0.243 e. The number of carbonyl (C=O) groups is 1. The van der Waals surface area contributed by atoms with Crippen LogP contribution in [0.1, 0.15) is 67.3 Å². The molecule has 7 heteroatoms. The highest BCUT2D eigenvalue weighted by Gasteiger charge is 2.28. The Balaban J connectivity index is 1.41. The Morgan fingerprint density at radius 2 is 1.76 bits per heavy atom. The number of benzene rings is 2. The predicted octanol–water partition coefficient (Wildman–Crippen LogP) is 4.17. The van der Waals surface area contributed by atoms with E-state index in [-0.39, 0.29) is 23.3 Å². The first-order chi connectivity index (χ1) is 15.9. The van der Waals surface area contributed by atoms with Crippen LogP contribution < -0.4 is 10.1 Å². The van der Waals surface area contributed by atoms with Crippen molar-refractivity contribution in [1.29, 1.82) is 0 Å². The van der Waals surface area contributed by atoms with E-state index in [2.05, 4.69) is 23.5 Å².